The highest BCUT2D eigenvalue weighted by Crippen LogP contribution is 2.35. The first kappa shape index (κ1) is 32.5. The number of halogens is 3. The third kappa shape index (κ3) is 7.04. The molecule has 1 aliphatic rings. The molecule has 0 saturated carbocycles. The smallest absolute Gasteiger partial charge is 0.417 e. The van der Waals surface area contributed by atoms with E-state index in [9.17, 15) is 22.8 Å². The number of carbonyl (C=O) groups is 2. The first-order chi connectivity index (χ1) is 21.0. The molecule has 13 heteroatoms. The van der Waals surface area contributed by atoms with E-state index >= 15 is 0 Å². The zero-order valence-corrected chi connectivity index (χ0v) is 25.3. The van der Waals surface area contributed by atoms with E-state index in [0.717, 1.165) is 17.2 Å². The number of aromatic nitrogens is 2. The van der Waals surface area contributed by atoms with Crippen LogP contribution in [0.25, 0.3) is 11.1 Å². The molecule has 4 rings (SSSR count). The van der Waals surface area contributed by atoms with Crippen molar-refractivity contribution in [2.75, 3.05) is 63.2 Å². The van der Waals surface area contributed by atoms with Gasteiger partial charge >= 0.3 is 6.18 Å². The van der Waals surface area contributed by atoms with Crippen LogP contribution in [0.1, 0.15) is 46.7 Å². The number of benzene rings is 1. The number of carbonyl (C=O) groups excluding carboxylic acids is 2. The van der Waals surface area contributed by atoms with E-state index in [1.54, 1.807) is 37.3 Å². The average Bonchev–Trinajstić information content (AvgIpc) is 3.02. The average molecular weight is 614 g/mol. The second-order valence-corrected chi connectivity index (χ2v) is 10.6. The van der Waals surface area contributed by atoms with Crippen molar-refractivity contribution in [3.05, 3.63) is 65.6 Å². The van der Waals surface area contributed by atoms with Gasteiger partial charge in [-0.15, -0.1) is 0 Å². The van der Waals surface area contributed by atoms with E-state index in [1.165, 1.54) is 4.90 Å². The molecule has 2 aromatic heterocycles. The van der Waals surface area contributed by atoms with Crippen LogP contribution in [0.4, 0.5) is 24.5 Å². The normalized spacial score (nSPS) is 15.2. The Morgan fingerprint density at radius 1 is 1.14 bits per heavy atom. The highest BCUT2D eigenvalue weighted by molar-refractivity contribution is 6.02. The Balaban J connectivity index is 1.66. The van der Waals surface area contributed by atoms with Crippen LogP contribution in [0.5, 0.6) is 5.88 Å². The topological polar surface area (TPSA) is 117 Å². The van der Waals surface area contributed by atoms with E-state index in [1.807, 2.05) is 32.0 Å². The summed E-state index contributed by atoms with van der Waals surface area (Å²) < 4.78 is 45.8. The summed E-state index contributed by atoms with van der Waals surface area (Å²) in [4.78, 5) is 40.5. The first-order valence-corrected chi connectivity index (χ1v) is 14.5. The zero-order valence-electron chi connectivity index (χ0n) is 25.3. The van der Waals surface area contributed by atoms with Gasteiger partial charge in [-0.05, 0) is 49.2 Å². The summed E-state index contributed by atoms with van der Waals surface area (Å²) in [5, 5.41) is 2.86. The Hall–Kier alpha value is -4.39. The molecule has 0 bridgehead atoms. The van der Waals surface area contributed by atoms with Crippen LogP contribution in [-0.2, 0) is 6.18 Å². The lowest BCUT2D eigenvalue weighted by molar-refractivity contribution is -0.137. The fourth-order valence-electron chi connectivity index (χ4n) is 5.25. The highest BCUT2D eigenvalue weighted by atomic mass is 19.4. The lowest BCUT2D eigenvalue weighted by atomic mass is 9.99. The van der Waals surface area contributed by atoms with Crippen molar-refractivity contribution in [3.63, 3.8) is 0 Å². The molecule has 1 aromatic carbocycles. The number of ether oxygens (including phenoxy) is 1. The molecule has 0 radical (unpaired) electrons. The number of piperazine rings is 1. The molecule has 1 fully saturated rings. The molecule has 1 saturated heterocycles. The monoisotopic (exact) mass is 613 g/mol. The second-order valence-electron chi connectivity index (χ2n) is 10.6. The highest BCUT2D eigenvalue weighted by Gasteiger charge is 2.35. The van der Waals surface area contributed by atoms with Crippen molar-refractivity contribution >= 4 is 23.2 Å². The molecular formula is C31H38F3N7O3. The van der Waals surface area contributed by atoms with Gasteiger partial charge in [0.05, 0.1) is 23.4 Å². The van der Waals surface area contributed by atoms with Crippen LogP contribution in [0.3, 0.4) is 0 Å². The van der Waals surface area contributed by atoms with E-state index in [4.69, 9.17) is 10.5 Å². The molecule has 0 spiro atoms. The lowest BCUT2D eigenvalue weighted by Crippen LogP contribution is -2.55. The summed E-state index contributed by atoms with van der Waals surface area (Å²) in [5.41, 5.74) is 7.44. The van der Waals surface area contributed by atoms with Crippen LogP contribution in [-0.4, -0.2) is 86.2 Å². The molecule has 10 nitrogen and oxygen atoms in total. The molecule has 44 heavy (non-hydrogen) atoms. The van der Waals surface area contributed by atoms with Crippen LogP contribution >= 0.6 is 0 Å². The Morgan fingerprint density at radius 3 is 2.57 bits per heavy atom. The van der Waals surface area contributed by atoms with Crippen molar-refractivity contribution in [2.24, 2.45) is 5.73 Å². The van der Waals surface area contributed by atoms with Crippen molar-refractivity contribution in [3.8, 4) is 17.0 Å². The molecule has 0 aliphatic carbocycles. The third-order valence-corrected chi connectivity index (χ3v) is 7.46. The molecule has 3 heterocycles. The van der Waals surface area contributed by atoms with Crippen molar-refractivity contribution < 1.29 is 27.5 Å². The number of alkyl halides is 3. The van der Waals surface area contributed by atoms with Gasteiger partial charge in [0.1, 0.15) is 0 Å². The van der Waals surface area contributed by atoms with Gasteiger partial charge < -0.3 is 30.5 Å². The van der Waals surface area contributed by atoms with E-state index in [0.29, 0.717) is 56.0 Å². The number of hydrogen-bond donors (Lipinski definition) is 2. The molecule has 3 aromatic rings. The molecule has 2 amide bonds. The minimum atomic E-state index is -4.58. The molecule has 3 N–H and O–H groups in total. The number of pyridine rings is 2. The summed E-state index contributed by atoms with van der Waals surface area (Å²) in [7, 11) is 3.15. The Kier molecular flexibility index (Phi) is 10.3. The third-order valence-electron chi connectivity index (χ3n) is 7.46. The predicted octanol–water partition coefficient (Wildman–Crippen LogP) is 4.06. The van der Waals surface area contributed by atoms with E-state index in [-0.39, 0.29) is 36.4 Å². The number of rotatable bonds is 10. The van der Waals surface area contributed by atoms with Gasteiger partial charge in [0.25, 0.3) is 11.8 Å². The summed E-state index contributed by atoms with van der Waals surface area (Å²) >= 11 is 0. The number of amides is 2. The Labute approximate surface area is 255 Å². The van der Waals surface area contributed by atoms with Gasteiger partial charge in [-0.25, -0.2) is 9.97 Å². The number of nitrogens with zero attached hydrogens (tertiary/aromatic N) is 5. The first-order valence-electron chi connectivity index (χ1n) is 14.5. The predicted molar refractivity (Wildman–Crippen MR) is 163 cm³/mol. The SMILES string of the molecule is CCOc1ncccc1-c1ccc(N2CCN(C(=O)c3ncc(C(F)(F)F)cc3N(C)C)C[C@H]2CC)c(C(=O)NCCN)c1. The van der Waals surface area contributed by atoms with Crippen LogP contribution in [0, 0.1) is 0 Å². The van der Waals surface area contributed by atoms with Crippen molar-refractivity contribution in [1.82, 2.24) is 20.2 Å². The molecule has 0 unspecified atom stereocenters. The van der Waals surface area contributed by atoms with Gasteiger partial charge in [0.15, 0.2) is 5.69 Å². The van der Waals surface area contributed by atoms with Crippen molar-refractivity contribution in [1.29, 1.82) is 0 Å². The number of hydrogen-bond acceptors (Lipinski definition) is 8. The standard InChI is InChI=1S/C31H38F3N7O3/c1-5-22-19-40(30(43)27-26(39(3)4)17-21(18-38-27)31(32,33)34)14-15-41(22)25-10-9-20(16-24(25)28(42)36-13-11-35)23-8-7-12-37-29(23)44-6-2/h7-10,12,16-18,22H,5-6,11,13-15,19,35H2,1-4H3,(H,36,42)/t22-/m1/s1. The number of nitrogens with two attached hydrogens (primary N) is 1. The van der Waals surface area contributed by atoms with Crippen LogP contribution < -0.4 is 25.6 Å². The van der Waals surface area contributed by atoms with Crippen LogP contribution in [0.15, 0.2) is 48.8 Å². The summed E-state index contributed by atoms with van der Waals surface area (Å²) in [6.45, 7) is 5.86. The maximum absolute atomic E-state index is 13.6. The Bertz CT molecular complexity index is 1480. The Morgan fingerprint density at radius 2 is 1.91 bits per heavy atom. The minimum absolute atomic E-state index is 0.0425. The fourth-order valence-corrected chi connectivity index (χ4v) is 5.25. The summed E-state index contributed by atoms with van der Waals surface area (Å²) in [6, 6.07) is 10.1. The van der Waals surface area contributed by atoms with E-state index < -0.39 is 17.6 Å². The maximum Gasteiger partial charge on any atom is 0.417 e. The van der Waals surface area contributed by atoms with Crippen LogP contribution in [0.2, 0.25) is 0 Å². The molecule has 236 valence electrons. The van der Waals surface area contributed by atoms with Gasteiger partial charge in [-0.3, -0.25) is 9.59 Å². The van der Waals surface area contributed by atoms with E-state index in [2.05, 4.69) is 20.2 Å². The zero-order chi connectivity index (χ0) is 32.0. The second kappa shape index (κ2) is 13.9. The lowest BCUT2D eigenvalue weighted by Gasteiger charge is -2.43. The summed E-state index contributed by atoms with van der Waals surface area (Å²) in [5.74, 6) is -0.271. The van der Waals surface area contributed by atoms with Gasteiger partial charge in [-0.1, -0.05) is 13.0 Å². The molecule has 1 atom stereocenters. The molecule has 1 aliphatic heterocycles. The van der Waals surface area contributed by atoms with Gasteiger partial charge in [-0.2, -0.15) is 13.2 Å². The number of nitrogens with one attached hydrogen (secondary N) is 1. The summed E-state index contributed by atoms with van der Waals surface area (Å²) in [6.07, 6.45) is -1.59. The maximum atomic E-state index is 13.6. The quantitative estimate of drug-likeness (QED) is 0.352. The van der Waals surface area contributed by atoms with Gasteiger partial charge in [0.2, 0.25) is 5.88 Å². The minimum Gasteiger partial charge on any atom is -0.478 e. The number of anilines is 2. The largest absolute Gasteiger partial charge is 0.478 e. The molecular weight excluding hydrogens is 575 g/mol. The fraction of sp³-hybridized carbons (Fsp3) is 0.419. The van der Waals surface area contributed by atoms with Crippen molar-refractivity contribution in [2.45, 2.75) is 32.5 Å². The van der Waals surface area contributed by atoms with Gasteiger partial charge in [0, 0.05) is 76.5 Å².